The second-order valence-electron chi connectivity index (χ2n) is 6.31. The number of hydrogen-bond donors (Lipinski definition) is 0. The molecule has 0 aromatic rings. The van der Waals surface area contributed by atoms with Crippen molar-refractivity contribution in [2.75, 3.05) is 0 Å². The van der Waals surface area contributed by atoms with Crippen molar-refractivity contribution in [1.82, 2.24) is 0 Å². The van der Waals surface area contributed by atoms with Gasteiger partial charge in [-0.2, -0.15) is 0 Å². The molecule has 3 unspecified atom stereocenters. The third-order valence-corrected chi connectivity index (χ3v) is 4.93. The molecule has 5 heteroatoms. The van der Waals surface area contributed by atoms with Gasteiger partial charge in [-0.1, -0.05) is 5.57 Å². The van der Waals surface area contributed by atoms with Gasteiger partial charge in [0.05, 0.1) is 11.8 Å². The van der Waals surface area contributed by atoms with Crippen molar-refractivity contribution < 1.29 is 23.8 Å². The van der Waals surface area contributed by atoms with Crippen LogP contribution in [0.3, 0.4) is 0 Å². The SMILES string of the molecule is CC1=CC(O/C=C2/C(=O)OC3C4=C(CCCC4)CC23)OC1=O. The largest absolute Gasteiger partial charge is 0.458 e. The lowest BCUT2D eigenvalue weighted by atomic mass is 9.93. The number of ether oxygens (including phenoxy) is 3. The van der Waals surface area contributed by atoms with Gasteiger partial charge in [0.2, 0.25) is 0 Å². The molecule has 2 heterocycles. The van der Waals surface area contributed by atoms with E-state index in [1.54, 1.807) is 13.0 Å². The number of esters is 2. The maximum Gasteiger partial charge on any atom is 0.338 e. The average molecular weight is 302 g/mol. The first-order chi connectivity index (χ1) is 10.6. The number of carbonyl (C=O) groups excluding carboxylic acids is 2. The predicted molar refractivity (Wildman–Crippen MR) is 76.3 cm³/mol. The molecule has 0 radical (unpaired) electrons. The van der Waals surface area contributed by atoms with Gasteiger partial charge < -0.3 is 14.2 Å². The quantitative estimate of drug-likeness (QED) is 0.339. The first kappa shape index (κ1) is 13.6. The van der Waals surface area contributed by atoms with Gasteiger partial charge in [0, 0.05) is 17.6 Å². The van der Waals surface area contributed by atoms with Crippen LogP contribution in [0.1, 0.15) is 39.0 Å². The Morgan fingerprint density at radius 2 is 2.00 bits per heavy atom. The molecular formula is C17H18O5. The van der Waals surface area contributed by atoms with Gasteiger partial charge in [0.25, 0.3) is 6.29 Å². The highest BCUT2D eigenvalue weighted by atomic mass is 16.7. The van der Waals surface area contributed by atoms with E-state index < -0.39 is 6.29 Å². The van der Waals surface area contributed by atoms with Crippen LogP contribution < -0.4 is 0 Å². The van der Waals surface area contributed by atoms with Crippen molar-refractivity contribution in [3.05, 3.63) is 34.6 Å². The fourth-order valence-corrected chi connectivity index (χ4v) is 3.79. The van der Waals surface area contributed by atoms with Crippen LogP contribution in [0.5, 0.6) is 0 Å². The molecular weight excluding hydrogens is 284 g/mol. The predicted octanol–water partition coefficient (Wildman–Crippen LogP) is 2.53. The van der Waals surface area contributed by atoms with Gasteiger partial charge in [0.15, 0.2) is 0 Å². The molecule has 22 heavy (non-hydrogen) atoms. The Labute approximate surface area is 128 Å². The Morgan fingerprint density at radius 3 is 2.77 bits per heavy atom. The molecule has 2 aliphatic heterocycles. The zero-order valence-electron chi connectivity index (χ0n) is 12.5. The fraction of sp³-hybridized carbons (Fsp3) is 0.529. The van der Waals surface area contributed by atoms with E-state index in [1.807, 2.05) is 0 Å². The second kappa shape index (κ2) is 5.00. The maximum atomic E-state index is 12.1. The maximum absolute atomic E-state index is 12.1. The summed E-state index contributed by atoms with van der Waals surface area (Å²) in [6.07, 6.45) is 7.66. The molecule has 0 N–H and O–H groups in total. The first-order valence-corrected chi connectivity index (χ1v) is 7.80. The highest BCUT2D eigenvalue weighted by molar-refractivity contribution is 5.92. The number of rotatable bonds is 2. The Bertz CT molecular complexity index is 639. The van der Waals surface area contributed by atoms with Crippen LogP contribution in [-0.2, 0) is 23.8 Å². The van der Waals surface area contributed by atoms with Crippen molar-refractivity contribution >= 4 is 11.9 Å². The number of cyclic esters (lactones) is 1. The van der Waals surface area contributed by atoms with Crippen LogP contribution in [0.4, 0.5) is 0 Å². The Morgan fingerprint density at radius 1 is 1.18 bits per heavy atom. The lowest BCUT2D eigenvalue weighted by Gasteiger charge is -2.17. The summed E-state index contributed by atoms with van der Waals surface area (Å²) in [4.78, 5) is 23.4. The van der Waals surface area contributed by atoms with Crippen LogP contribution in [0.25, 0.3) is 0 Å². The van der Waals surface area contributed by atoms with Crippen molar-refractivity contribution in [3.63, 3.8) is 0 Å². The Kier molecular flexibility index (Phi) is 3.10. The molecule has 5 nitrogen and oxygen atoms in total. The molecule has 2 aliphatic carbocycles. The van der Waals surface area contributed by atoms with Gasteiger partial charge in [-0.15, -0.1) is 0 Å². The lowest BCUT2D eigenvalue weighted by Crippen LogP contribution is -2.14. The molecule has 0 bridgehead atoms. The normalized spacial score (nSPS) is 35.2. The van der Waals surface area contributed by atoms with E-state index in [4.69, 9.17) is 14.2 Å². The monoisotopic (exact) mass is 302 g/mol. The summed E-state index contributed by atoms with van der Waals surface area (Å²) in [5.74, 6) is -0.622. The lowest BCUT2D eigenvalue weighted by molar-refractivity contribution is -0.152. The zero-order chi connectivity index (χ0) is 15.3. The van der Waals surface area contributed by atoms with E-state index in [0.717, 1.165) is 19.3 Å². The van der Waals surface area contributed by atoms with Gasteiger partial charge >= 0.3 is 11.9 Å². The summed E-state index contributed by atoms with van der Waals surface area (Å²) in [7, 11) is 0. The number of hydrogen-bond acceptors (Lipinski definition) is 5. The topological polar surface area (TPSA) is 61.8 Å². The highest BCUT2D eigenvalue weighted by Gasteiger charge is 2.47. The second-order valence-corrected chi connectivity index (χ2v) is 6.31. The van der Waals surface area contributed by atoms with E-state index in [0.29, 0.717) is 11.1 Å². The van der Waals surface area contributed by atoms with Crippen LogP contribution in [-0.4, -0.2) is 24.3 Å². The smallest absolute Gasteiger partial charge is 0.338 e. The summed E-state index contributed by atoms with van der Waals surface area (Å²) in [5, 5.41) is 0. The summed E-state index contributed by atoms with van der Waals surface area (Å²) < 4.78 is 16.0. The van der Waals surface area contributed by atoms with Crippen molar-refractivity contribution in [2.45, 2.75) is 51.4 Å². The minimum atomic E-state index is -0.740. The third kappa shape index (κ3) is 2.07. The molecule has 0 saturated carbocycles. The highest BCUT2D eigenvalue weighted by Crippen LogP contribution is 2.48. The number of allylic oxidation sites excluding steroid dienone is 1. The third-order valence-electron chi connectivity index (χ3n) is 4.93. The molecule has 0 amide bonds. The minimum absolute atomic E-state index is 0.0674. The number of carbonyl (C=O) groups is 2. The Hall–Kier alpha value is -2.04. The summed E-state index contributed by atoms with van der Waals surface area (Å²) >= 11 is 0. The Balaban J connectivity index is 1.50. The molecule has 3 atom stereocenters. The van der Waals surface area contributed by atoms with Crippen LogP contribution in [0, 0.1) is 5.92 Å². The minimum Gasteiger partial charge on any atom is -0.458 e. The molecule has 116 valence electrons. The van der Waals surface area contributed by atoms with Crippen LogP contribution >= 0.6 is 0 Å². The van der Waals surface area contributed by atoms with E-state index in [9.17, 15) is 9.59 Å². The molecule has 1 fully saturated rings. The van der Waals surface area contributed by atoms with Crippen LogP contribution in [0.15, 0.2) is 34.6 Å². The van der Waals surface area contributed by atoms with E-state index in [2.05, 4.69) is 0 Å². The van der Waals surface area contributed by atoms with E-state index in [1.165, 1.54) is 30.2 Å². The van der Waals surface area contributed by atoms with Gasteiger partial charge in [-0.05, 0) is 44.6 Å². The molecule has 0 aromatic heterocycles. The molecule has 1 saturated heterocycles. The van der Waals surface area contributed by atoms with Crippen molar-refractivity contribution in [2.24, 2.45) is 5.92 Å². The first-order valence-electron chi connectivity index (χ1n) is 7.80. The summed E-state index contributed by atoms with van der Waals surface area (Å²) in [6.45, 7) is 1.67. The van der Waals surface area contributed by atoms with Gasteiger partial charge in [-0.3, -0.25) is 0 Å². The van der Waals surface area contributed by atoms with E-state index in [-0.39, 0.29) is 24.0 Å². The van der Waals surface area contributed by atoms with E-state index >= 15 is 0 Å². The molecule has 4 aliphatic rings. The van der Waals surface area contributed by atoms with Crippen molar-refractivity contribution in [1.29, 1.82) is 0 Å². The van der Waals surface area contributed by atoms with Crippen LogP contribution in [0.2, 0.25) is 0 Å². The number of fused-ring (bicyclic) bond motifs is 2. The average Bonchev–Trinajstić information content (AvgIpc) is 3.10. The standard InChI is InChI=1S/C17H18O5/c1-9-6-14(21-16(9)18)20-8-13-12-7-10-4-2-3-5-11(10)15(12)22-17(13)19/h6,8,12,14-15H,2-5,7H2,1H3/b13-8+. The van der Waals surface area contributed by atoms with Crippen molar-refractivity contribution in [3.8, 4) is 0 Å². The zero-order valence-corrected chi connectivity index (χ0v) is 12.5. The fourth-order valence-electron chi connectivity index (χ4n) is 3.79. The summed E-state index contributed by atoms with van der Waals surface area (Å²) in [6, 6.07) is 0. The molecule has 0 aromatic carbocycles. The molecule has 4 rings (SSSR count). The molecule has 0 spiro atoms. The summed E-state index contributed by atoms with van der Waals surface area (Å²) in [5.41, 5.74) is 3.88. The van der Waals surface area contributed by atoms with Gasteiger partial charge in [-0.25, -0.2) is 9.59 Å². The van der Waals surface area contributed by atoms with Gasteiger partial charge in [0.1, 0.15) is 6.10 Å².